The van der Waals surface area contributed by atoms with Crippen molar-refractivity contribution in [1.82, 2.24) is 9.80 Å². The number of rotatable bonds is 6. The quantitative estimate of drug-likeness (QED) is 0.441. The minimum atomic E-state index is -1.23. The lowest BCUT2D eigenvalue weighted by Gasteiger charge is -2.43. The summed E-state index contributed by atoms with van der Waals surface area (Å²) in [5.74, 6) is -3.85. The van der Waals surface area contributed by atoms with E-state index < -0.39 is 53.0 Å². The van der Waals surface area contributed by atoms with Crippen LogP contribution in [0.2, 0.25) is 0 Å². The van der Waals surface area contributed by atoms with E-state index >= 15 is 0 Å². The number of likely N-dealkylation sites (tertiary alicyclic amines) is 1. The lowest BCUT2D eigenvalue weighted by molar-refractivity contribution is -0.155. The minimum Gasteiger partial charge on any atom is -0.481 e. The number of aliphatic hydroxyl groups excluding tert-OH is 1. The molecular weight excluding hydrogens is 444 g/mol. The summed E-state index contributed by atoms with van der Waals surface area (Å²) in [5.41, 5.74) is -1.78. The predicted octanol–water partition coefficient (Wildman–Crippen LogP) is 1.01. The first-order chi connectivity index (χ1) is 13.4. The number of alkyl halides is 1. The molecule has 0 aromatic carbocycles. The summed E-state index contributed by atoms with van der Waals surface area (Å²) >= 11 is 3.50. The third-order valence-corrected chi connectivity index (χ3v) is 7.22. The Labute approximate surface area is 179 Å². The standard InChI is InChI=1S/C20H29BrN2O6/c1-6-7-22(19(3,4)5)17(26)15-20-8-11(21)14(29-20)12(18(27)28)13(20)16(25)23(15)10(2)9-24/h6,10-15,24H,1,7-9H2,2-5H3,(H,27,28)/t10-,11?,12+,13-,14+,15+,20-/m1/s1. The monoisotopic (exact) mass is 472 g/mol. The molecule has 3 saturated heterocycles. The van der Waals surface area contributed by atoms with Crippen LogP contribution >= 0.6 is 15.9 Å². The first-order valence-corrected chi connectivity index (χ1v) is 10.7. The number of ether oxygens (including phenoxy) is 1. The van der Waals surface area contributed by atoms with Crippen LogP contribution in [0.5, 0.6) is 0 Å². The third kappa shape index (κ3) is 3.13. The van der Waals surface area contributed by atoms with Gasteiger partial charge in [-0.1, -0.05) is 22.0 Å². The number of carboxylic acids is 1. The summed E-state index contributed by atoms with van der Waals surface area (Å²) in [5, 5.41) is 19.6. The van der Waals surface area contributed by atoms with Crippen molar-refractivity contribution < 1.29 is 29.3 Å². The molecule has 7 atom stereocenters. The van der Waals surface area contributed by atoms with Crippen molar-refractivity contribution in [2.75, 3.05) is 13.2 Å². The summed E-state index contributed by atoms with van der Waals surface area (Å²) < 4.78 is 6.19. The van der Waals surface area contributed by atoms with E-state index in [1.807, 2.05) is 20.8 Å². The van der Waals surface area contributed by atoms with Gasteiger partial charge in [0, 0.05) is 16.9 Å². The van der Waals surface area contributed by atoms with Crippen LogP contribution in [0.15, 0.2) is 12.7 Å². The van der Waals surface area contributed by atoms with Gasteiger partial charge < -0.3 is 24.7 Å². The molecule has 29 heavy (non-hydrogen) atoms. The number of carboxylic acid groups (broad SMARTS) is 1. The van der Waals surface area contributed by atoms with Crippen molar-refractivity contribution in [3.63, 3.8) is 0 Å². The molecule has 3 fully saturated rings. The van der Waals surface area contributed by atoms with Crippen molar-refractivity contribution in [2.24, 2.45) is 11.8 Å². The van der Waals surface area contributed by atoms with Gasteiger partial charge in [-0.05, 0) is 34.1 Å². The maximum atomic E-state index is 13.8. The maximum absolute atomic E-state index is 13.8. The molecule has 8 nitrogen and oxygen atoms in total. The zero-order chi connectivity index (χ0) is 21.9. The van der Waals surface area contributed by atoms with E-state index in [4.69, 9.17) is 4.74 Å². The van der Waals surface area contributed by atoms with Gasteiger partial charge in [-0.15, -0.1) is 6.58 Å². The molecule has 1 spiro atoms. The van der Waals surface area contributed by atoms with Crippen LogP contribution in [0.4, 0.5) is 0 Å². The molecule has 0 aromatic heterocycles. The second-order valence-corrected chi connectivity index (χ2v) is 10.4. The van der Waals surface area contributed by atoms with Gasteiger partial charge in [0.15, 0.2) is 0 Å². The fraction of sp³-hybridized carbons (Fsp3) is 0.750. The zero-order valence-corrected chi connectivity index (χ0v) is 18.8. The Balaban J connectivity index is 2.14. The molecule has 2 amide bonds. The van der Waals surface area contributed by atoms with Crippen LogP contribution in [-0.4, -0.2) is 85.1 Å². The van der Waals surface area contributed by atoms with E-state index in [0.717, 1.165) is 0 Å². The van der Waals surface area contributed by atoms with Crippen molar-refractivity contribution in [1.29, 1.82) is 0 Å². The highest BCUT2D eigenvalue weighted by atomic mass is 79.9. The smallest absolute Gasteiger partial charge is 0.310 e. The van der Waals surface area contributed by atoms with E-state index in [1.165, 1.54) is 4.90 Å². The van der Waals surface area contributed by atoms with Crippen LogP contribution in [0.25, 0.3) is 0 Å². The Morgan fingerprint density at radius 2 is 2.10 bits per heavy atom. The molecule has 9 heteroatoms. The maximum Gasteiger partial charge on any atom is 0.310 e. The van der Waals surface area contributed by atoms with Crippen LogP contribution in [0.3, 0.4) is 0 Å². The fourth-order valence-corrected chi connectivity index (χ4v) is 6.11. The Hall–Kier alpha value is -1.45. The zero-order valence-electron chi connectivity index (χ0n) is 17.2. The van der Waals surface area contributed by atoms with Crippen molar-refractivity contribution in [2.45, 2.75) is 68.3 Å². The lowest BCUT2D eigenvalue weighted by atomic mass is 9.70. The summed E-state index contributed by atoms with van der Waals surface area (Å²) in [6.45, 7) is 11.0. The summed E-state index contributed by atoms with van der Waals surface area (Å²) in [6.07, 6.45) is 1.30. The number of fused-ring (bicyclic) bond motifs is 1. The number of amides is 2. The Kier molecular flexibility index (Phi) is 5.64. The number of carbonyl (C=O) groups excluding carboxylic acids is 2. The van der Waals surface area contributed by atoms with Gasteiger partial charge in [-0.3, -0.25) is 14.4 Å². The molecule has 3 aliphatic heterocycles. The molecule has 3 rings (SSSR count). The molecule has 2 bridgehead atoms. The topological polar surface area (TPSA) is 107 Å². The highest BCUT2D eigenvalue weighted by Gasteiger charge is 2.77. The number of aliphatic hydroxyl groups is 1. The predicted molar refractivity (Wildman–Crippen MR) is 108 cm³/mol. The van der Waals surface area contributed by atoms with Crippen molar-refractivity contribution in [3.8, 4) is 0 Å². The Bertz CT molecular complexity index is 737. The second-order valence-electron chi connectivity index (χ2n) is 9.19. The SMILES string of the molecule is C=CCN(C(=O)[C@@H]1N([C@H](C)CO)C(=O)[C@H]2[C@H](C(=O)O)[C@H]3O[C@@]12CC3Br)C(C)(C)C. The van der Waals surface area contributed by atoms with Gasteiger partial charge in [0.2, 0.25) is 11.8 Å². The van der Waals surface area contributed by atoms with Gasteiger partial charge in [-0.25, -0.2) is 0 Å². The second kappa shape index (κ2) is 7.35. The Morgan fingerprint density at radius 3 is 2.59 bits per heavy atom. The number of hydrogen-bond acceptors (Lipinski definition) is 5. The first-order valence-electron chi connectivity index (χ1n) is 9.82. The average molecular weight is 473 g/mol. The normalized spacial score (nSPS) is 36.8. The molecule has 0 aliphatic carbocycles. The molecule has 3 heterocycles. The van der Waals surface area contributed by atoms with Gasteiger partial charge in [-0.2, -0.15) is 0 Å². The summed E-state index contributed by atoms with van der Waals surface area (Å²) in [4.78, 5) is 42.0. The van der Waals surface area contributed by atoms with Crippen molar-refractivity contribution in [3.05, 3.63) is 12.7 Å². The van der Waals surface area contributed by atoms with Crippen LogP contribution in [0.1, 0.15) is 34.1 Å². The van der Waals surface area contributed by atoms with E-state index in [9.17, 15) is 24.6 Å². The summed E-state index contributed by atoms with van der Waals surface area (Å²) in [6, 6.07) is -1.65. The van der Waals surface area contributed by atoms with E-state index in [-0.39, 0.29) is 23.9 Å². The number of halogens is 1. The molecule has 2 N–H and O–H groups in total. The molecule has 0 radical (unpaired) electrons. The molecule has 0 aromatic rings. The number of hydrogen-bond donors (Lipinski definition) is 2. The minimum absolute atomic E-state index is 0.269. The third-order valence-electron chi connectivity index (χ3n) is 6.37. The van der Waals surface area contributed by atoms with Crippen molar-refractivity contribution >= 4 is 33.7 Å². The van der Waals surface area contributed by atoms with E-state index in [1.54, 1.807) is 17.9 Å². The van der Waals surface area contributed by atoms with Gasteiger partial charge in [0.25, 0.3) is 0 Å². The number of nitrogens with zero attached hydrogens (tertiary/aromatic N) is 2. The summed E-state index contributed by atoms with van der Waals surface area (Å²) in [7, 11) is 0. The van der Waals surface area contributed by atoms with Crippen LogP contribution in [-0.2, 0) is 19.1 Å². The Morgan fingerprint density at radius 1 is 1.48 bits per heavy atom. The highest BCUT2D eigenvalue weighted by molar-refractivity contribution is 9.09. The number of carbonyl (C=O) groups is 3. The highest BCUT2D eigenvalue weighted by Crippen LogP contribution is 2.60. The molecular formula is C20H29BrN2O6. The number of aliphatic carboxylic acids is 1. The average Bonchev–Trinajstić information content (AvgIpc) is 3.21. The van der Waals surface area contributed by atoms with Gasteiger partial charge in [0.1, 0.15) is 11.6 Å². The molecule has 0 saturated carbocycles. The van der Waals surface area contributed by atoms with Gasteiger partial charge in [0.05, 0.1) is 30.6 Å². The lowest BCUT2D eigenvalue weighted by Crippen LogP contribution is -2.61. The van der Waals surface area contributed by atoms with Gasteiger partial charge >= 0.3 is 5.97 Å². The van der Waals surface area contributed by atoms with E-state index in [2.05, 4.69) is 22.5 Å². The largest absolute Gasteiger partial charge is 0.481 e. The molecule has 3 aliphatic rings. The van der Waals surface area contributed by atoms with E-state index in [0.29, 0.717) is 6.42 Å². The first kappa shape index (κ1) is 22.2. The fourth-order valence-electron chi connectivity index (χ4n) is 5.16. The molecule has 1 unspecified atom stereocenters. The van der Waals surface area contributed by atoms with Crippen LogP contribution in [0, 0.1) is 11.8 Å². The van der Waals surface area contributed by atoms with Crippen LogP contribution < -0.4 is 0 Å². The molecule has 162 valence electrons.